The van der Waals surface area contributed by atoms with Crippen LogP contribution in [-0.2, 0) is 12.0 Å². The molecule has 0 unspecified atom stereocenters. The Labute approximate surface area is 154 Å². The van der Waals surface area contributed by atoms with Crippen molar-refractivity contribution in [3.8, 4) is 0 Å². The van der Waals surface area contributed by atoms with E-state index in [1.54, 1.807) is 7.05 Å². The fourth-order valence-corrected chi connectivity index (χ4v) is 2.88. The molecule has 0 fully saturated rings. The highest BCUT2D eigenvalue weighted by molar-refractivity contribution is 6.31. The molecule has 0 aliphatic rings. The average molecular weight is 363 g/mol. The summed E-state index contributed by atoms with van der Waals surface area (Å²) in [5.41, 5.74) is 1.93. The number of guanidine groups is 1. The van der Waals surface area contributed by atoms with E-state index in [1.807, 2.05) is 24.3 Å². The molecular formula is C19H27ClN4O. The molecule has 0 atom stereocenters. The van der Waals surface area contributed by atoms with Crippen molar-refractivity contribution in [3.05, 3.63) is 52.4 Å². The molecule has 1 aromatic carbocycles. The summed E-state index contributed by atoms with van der Waals surface area (Å²) in [6, 6.07) is 9.90. The summed E-state index contributed by atoms with van der Waals surface area (Å²) in [5.74, 6) is 1.85. The third kappa shape index (κ3) is 5.23. The van der Waals surface area contributed by atoms with Crippen molar-refractivity contribution in [3.63, 3.8) is 0 Å². The number of halogens is 1. The summed E-state index contributed by atoms with van der Waals surface area (Å²) in [6.45, 7) is 9.72. The van der Waals surface area contributed by atoms with Crippen molar-refractivity contribution in [1.29, 1.82) is 0 Å². The summed E-state index contributed by atoms with van der Waals surface area (Å²) in [6.07, 6.45) is 0. The van der Waals surface area contributed by atoms with E-state index in [4.69, 9.17) is 16.1 Å². The molecule has 6 heteroatoms. The fourth-order valence-electron chi connectivity index (χ4n) is 2.49. The van der Waals surface area contributed by atoms with Crippen LogP contribution in [0, 0.1) is 0 Å². The molecule has 0 bridgehead atoms. The molecule has 0 radical (unpaired) electrons. The van der Waals surface area contributed by atoms with Crippen LogP contribution in [0.15, 0.2) is 39.8 Å². The Hall–Kier alpha value is -2.01. The molecule has 1 aromatic heterocycles. The Morgan fingerprint density at radius 3 is 2.60 bits per heavy atom. The zero-order valence-electron chi connectivity index (χ0n) is 15.6. The van der Waals surface area contributed by atoms with Crippen molar-refractivity contribution in [2.75, 3.05) is 13.6 Å². The van der Waals surface area contributed by atoms with E-state index in [2.05, 4.69) is 54.5 Å². The van der Waals surface area contributed by atoms with Gasteiger partial charge < -0.3 is 15.2 Å². The van der Waals surface area contributed by atoms with Gasteiger partial charge in [-0.2, -0.15) is 0 Å². The van der Waals surface area contributed by atoms with Gasteiger partial charge in [0.05, 0.1) is 12.2 Å². The summed E-state index contributed by atoms with van der Waals surface area (Å²) >= 11 is 6.33. The van der Waals surface area contributed by atoms with Crippen LogP contribution in [0.25, 0.3) is 0 Å². The van der Waals surface area contributed by atoms with Gasteiger partial charge in [-0.25, -0.2) is 0 Å². The topological polar surface area (TPSA) is 62.5 Å². The SMILES string of the molecule is CN=C(NCc1cc(C(C)C)no1)NCC(C)(C)c1ccccc1Cl. The predicted molar refractivity (Wildman–Crippen MR) is 103 cm³/mol. The van der Waals surface area contributed by atoms with Crippen LogP contribution < -0.4 is 10.6 Å². The third-order valence-electron chi connectivity index (χ3n) is 4.12. The first-order valence-corrected chi connectivity index (χ1v) is 8.86. The second-order valence-corrected chi connectivity index (χ2v) is 7.42. The Kier molecular flexibility index (Phi) is 6.48. The molecule has 1 heterocycles. The van der Waals surface area contributed by atoms with Gasteiger partial charge in [0.1, 0.15) is 0 Å². The minimum Gasteiger partial charge on any atom is -0.359 e. The number of rotatable bonds is 6. The van der Waals surface area contributed by atoms with E-state index in [-0.39, 0.29) is 5.41 Å². The van der Waals surface area contributed by atoms with Gasteiger partial charge in [-0.15, -0.1) is 0 Å². The van der Waals surface area contributed by atoms with Gasteiger partial charge in [-0.1, -0.05) is 62.7 Å². The Morgan fingerprint density at radius 1 is 1.28 bits per heavy atom. The zero-order valence-corrected chi connectivity index (χ0v) is 16.3. The van der Waals surface area contributed by atoms with Gasteiger partial charge >= 0.3 is 0 Å². The number of hydrogen-bond acceptors (Lipinski definition) is 3. The van der Waals surface area contributed by atoms with Crippen molar-refractivity contribution >= 4 is 17.6 Å². The Balaban J connectivity index is 1.92. The molecule has 0 amide bonds. The van der Waals surface area contributed by atoms with Gasteiger partial charge in [0, 0.05) is 30.1 Å². The highest BCUT2D eigenvalue weighted by atomic mass is 35.5. The van der Waals surface area contributed by atoms with E-state index in [0.29, 0.717) is 25.0 Å². The van der Waals surface area contributed by atoms with Gasteiger partial charge in [0.15, 0.2) is 11.7 Å². The van der Waals surface area contributed by atoms with Crippen molar-refractivity contribution in [1.82, 2.24) is 15.8 Å². The monoisotopic (exact) mass is 362 g/mol. The molecule has 0 spiro atoms. The molecule has 5 nitrogen and oxygen atoms in total. The van der Waals surface area contributed by atoms with Crippen molar-refractivity contribution in [2.24, 2.45) is 4.99 Å². The minimum absolute atomic E-state index is 0.132. The normalized spacial score (nSPS) is 12.5. The molecule has 2 aromatic rings. The summed E-state index contributed by atoms with van der Waals surface area (Å²) in [5, 5.41) is 11.4. The van der Waals surface area contributed by atoms with Gasteiger partial charge in [0.2, 0.25) is 0 Å². The smallest absolute Gasteiger partial charge is 0.191 e. The molecular weight excluding hydrogens is 336 g/mol. The lowest BCUT2D eigenvalue weighted by atomic mass is 9.84. The number of hydrogen-bond donors (Lipinski definition) is 2. The first-order valence-electron chi connectivity index (χ1n) is 8.48. The summed E-state index contributed by atoms with van der Waals surface area (Å²) < 4.78 is 5.34. The van der Waals surface area contributed by atoms with Crippen LogP contribution in [0.3, 0.4) is 0 Å². The zero-order chi connectivity index (χ0) is 18.4. The van der Waals surface area contributed by atoms with Gasteiger partial charge in [-0.3, -0.25) is 4.99 Å². The van der Waals surface area contributed by atoms with Crippen molar-refractivity contribution in [2.45, 2.75) is 45.6 Å². The molecule has 136 valence electrons. The lowest BCUT2D eigenvalue weighted by Gasteiger charge is -2.27. The second kappa shape index (κ2) is 8.39. The molecule has 0 saturated carbocycles. The molecule has 2 rings (SSSR count). The van der Waals surface area contributed by atoms with E-state index in [9.17, 15) is 0 Å². The maximum atomic E-state index is 6.33. The van der Waals surface area contributed by atoms with Crippen LogP contribution in [0.5, 0.6) is 0 Å². The van der Waals surface area contributed by atoms with E-state index < -0.39 is 0 Å². The number of nitrogens with zero attached hydrogens (tertiary/aromatic N) is 2. The minimum atomic E-state index is -0.132. The first-order chi connectivity index (χ1) is 11.8. The molecule has 25 heavy (non-hydrogen) atoms. The van der Waals surface area contributed by atoms with Crippen LogP contribution in [0.4, 0.5) is 0 Å². The largest absolute Gasteiger partial charge is 0.359 e. The standard InChI is InChI=1S/C19H27ClN4O/c1-13(2)17-10-14(25-24-17)11-22-18(21-5)23-12-19(3,4)15-8-6-7-9-16(15)20/h6-10,13H,11-12H2,1-5H3,(H2,21,22,23). The second-order valence-electron chi connectivity index (χ2n) is 7.02. The van der Waals surface area contributed by atoms with E-state index >= 15 is 0 Å². The van der Waals surface area contributed by atoms with Crippen molar-refractivity contribution < 1.29 is 4.52 Å². The summed E-state index contributed by atoms with van der Waals surface area (Å²) in [7, 11) is 1.75. The maximum Gasteiger partial charge on any atom is 0.191 e. The van der Waals surface area contributed by atoms with Crippen LogP contribution in [-0.4, -0.2) is 24.7 Å². The van der Waals surface area contributed by atoms with Crippen LogP contribution in [0.1, 0.15) is 50.6 Å². The molecule has 0 aliphatic heterocycles. The molecule has 0 aliphatic carbocycles. The molecule has 2 N–H and O–H groups in total. The van der Waals surface area contributed by atoms with E-state index in [1.165, 1.54) is 0 Å². The molecule has 0 saturated heterocycles. The quantitative estimate of drug-likeness (QED) is 0.600. The lowest BCUT2D eigenvalue weighted by molar-refractivity contribution is 0.371. The Morgan fingerprint density at radius 2 is 2.00 bits per heavy atom. The number of aliphatic imine (C=N–C) groups is 1. The van der Waals surface area contributed by atoms with Crippen LogP contribution >= 0.6 is 11.6 Å². The number of nitrogens with one attached hydrogen (secondary N) is 2. The van der Waals surface area contributed by atoms with E-state index in [0.717, 1.165) is 22.0 Å². The summed E-state index contributed by atoms with van der Waals surface area (Å²) in [4.78, 5) is 4.26. The highest BCUT2D eigenvalue weighted by Gasteiger charge is 2.23. The number of benzene rings is 1. The highest BCUT2D eigenvalue weighted by Crippen LogP contribution is 2.28. The van der Waals surface area contributed by atoms with Gasteiger partial charge in [-0.05, 0) is 17.5 Å². The third-order valence-corrected chi connectivity index (χ3v) is 4.45. The Bertz CT molecular complexity index is 722. The average Bonchev–Trinajstić information content (AvgIpc) is 3.04. The van der Waals surface area contributed by atoms with Crippen LogP contribution in [0.2, 0.25) is 5.02 Å². The lowest BCUT2D eigenvalue weighted by Crippen LogP contribution is -2.43. The maximum absolute atomic E-state index is 6.33. The predicted octanol–water partition coefficient (Wildman–Crippen LogP) is 4.09. The number of aromatic nitrogens is 1. The van der Waals surface area contributed by atoms with Gasteiger partial charge in [0.25, 0.3) is 0 Å². The first kappa shape index (κ1) is 19.3. The fraction of sp³-hybridized carbons (Fsp3) is 0.474.